The van der Waals surface area contributed by atoms with Crippen LogP contribution in [0.1, 0.15) is 20.8 Å². The lowest BCUT2D eigenvalue weighted by atomic mass is 10.1. The van der Waals surface area contributed by atoms with Crippen molar-refractivity contribution in [3.8, 4) is 6.07 Å². The largest absolute Gasteiger partial charge is 0.405 e. The molecular weight excluding hydrogens is 539 g/mol. The molecule has 0 bridgehead atoms. The smallest absolute Gasteiger partial charge is 0.373 e. The van der Waals surface area contributed by atoms with E-state index in [1.807, 2.05) is 18.7 Å². The predicted octanol–water partition coefficient (Wildman–Crippen LogP) is 1.65. The average Bonchev–Trinajstić information content (AvgIpc) is 3.15. The van der Waals surface area contributed by atoms with E-state index in [4.69, 9.17) is 4.74 Å². The van der Waals surface area contributed by atoms with Gasteiger partial charge in [-0.25, -0.2) is 4.98 Å². The Balaban J connectivity index is 1.57. The van der Waals surface area contributed by atoms with Crippen molar-refractivity contribution < 1.29 is 32.3 Å². The summed E-state index contributed by atoms with van der Waals surface area (Å²) in [6.45, 7) is 5.76. The minimum absolute atomic E-state index is 0.0318. The number of halogens is 3. The SMILES string of the molecule is CCN1C(=O)[C@@H](CNc2cccc(NC(=O)CN3CC(C)OC(C)C3)n2)SC1[C@H](C#N)C(=O)NCC(F)(F)F. The van der Waals surface area contributed by atoms with E-state index in [9.17, 15) is 32.8 Å². The summed E-state index contributed by atoms with van der Waals surface area (Å²) in [5.74, 6) is -2.42. The van der Waals surface area contributed by atoms with Crippen LogP contribution in [0.3, 0.4) is 0 Å². The van der Waals surface area contributed by atoms with E-state index in [0.29, 0.717) is 24.7 Å². The Bertz CT molecular complexity index is 1080. The van der Waals surface area contributed by atoms with Crippen LogP contribution in [0, 0.1) is 17.2 Å². The predicted molar refractivity (Wildman–Crippen MR) is 139 cm³/mol. The molecule has 5 atom stereocenters. The Morgan fingerprint density at radius 1 is 1.26 bits per heavy atom. The zero-order chi connectivity index (χ0) is 28.7. The van der Waals surface area contributed by atoms with Crippen molar-refractivity contribution in [3.63, 3.8) is 0 Å². The number of carbonyl (C=O) groups is 3. The molecule has 3 amide bonds. The van der Waals surface area contributed by atoms with Gasteiger partial charge in [-0.15, -0.1) is 11.8 Å². The number of nitrogens with one attached hydrogen (secondary N) is 3. The molecule has 214 valence electrons. The summed E-state index contributed by atoms with van der Waals surface area (Å²) in [6, 6.07) is 6.72. The van der Waals surface area contributed by atoms with E-state index in [2.05, 4.69) is 15.6 Å². The van der Waals surface area contributed by atoms with E-state index in [-0.39, 0.29) is 43.7 Å². The van der Waals surface area contributed by atoms with Gasteiger partial charge in [-0.2, -0.15) is 18.4 Å². The van der Waals surface area contributed by atoms with E-state index < -0.39 is 35.2 Å². The number of thioether (sulfide) groups is 1. The quantitative estimate of drug-likeness (QED) is 0.383. The van der Waals surface area contributed by atoms with Crippen LogP contribution >= 0.6 is 11.8 Å². The fourth-order valence-corrected chi connectivity index (χ4v) is 6.00. The third-order valence-electron chi connectivity index (χ3n) is 6.03. The Hall–Kier alpha value is -3.09. The molecule has 0 radical (unpaired) electrons. The van der Waals surface area contributed by atoms with Crippen molar-refractivity contribution in [1.29, 1.82) is 5.26 Å². The molecule has 11 nitrogen and oxygen atoms in total. The maximum absolute atomic E-state index is 12.9. The van der Waals surface area contributed by atoms with Gasteiger partial charge >= 0.3 is 6.18 Å². The van der Waals surface area contributed by atoms with Crippen molar-refractivity contribution in [3.05, 3.63) is 18.2 Å². The monoisotopic (exact) mass is 571 g/mol. The third-order valence-corrected chi connectivity index (χ3v) is 7.53. The van der Waals surface area contributed by atoms with Crippen LogP contribution in [0.4, 0.5) is 24.8 Å². The number of nitriles is 1. The summed E-state index contributed by atoms with van der Waals surface area (Å²) in [4.78, 5) is 45.4. The molecule has 3 N–H and O–H groups in total. The molecule has 2 saturated heterocycles. The number of carbonyl (C=O) groups excluding carboxylic acids is 3. The molecule has 2 aliphatic rings. The van der Waals surface area contributed by atoms with Gasteiger partial charge in [0, 0.05) is 26.2 Å². The normalized spacial score (nSPS) is 24.6. The number of nitrogens with zero attached hydrogens (tertiary/aromatic N) is 4. The highest BCUT2D eigenvalue weighted by atomic mass is 32.2. The molecule has 0 aliphatic carbocycles. The summed E-state index contributed by atoms with van der Waals surface area (Å²) in [7, 11) is 0. The lowest BCUT2D eigenvalue weighted by Crippen LogP contribution is -2.48. The molecule has 0 aromatic carbocycles. The third kappa shape index (κ3) is 8.70. The van der Waals surface area contributed by atoms with Crippen LogP contribution in [-0.4, -0.2) is 101 Å². The minimum Gasteiger partial charge on any atom is -0.373 e. The minimum atomic E-state index is -4.62. The van der Waals surface area contributed by atoms with E-state index >= 15 is 0 Å². The van der Waals surface area contributed by atoms with Gasteiger partial charge in [-0.05, 0) is 32.9 Å². The second kappa shape index (κ2) is 13.3. The highest BCUT2D eigenvalue weighted by Gasteiger charge is 2.46. The second-order valence-corrected chi connectivity index (χ2v) is 10.7. The summed E-state index contributed by atoms with van der Waals surface area (Å²) < 4.78 is 43.2. The molecule has 15 heteroatoms. The van der Waals surface area contributed by atoms with Crippen LogP contribution in [0.5, 0.6) is 0 Å². The topological polar surface area (TPSA) is 140 Å². The van der Waals surface area contributed by atoms with Crippen molar-refractivity contribution in [2.24, 2.45) is 5.92 Å². The molecule has 2 aliphatic heterocycles. The van der Waals surface area contributed by atoms with Crippen LogP contribution in [0.25, 0.3) is 0 Å². The molecule has 39 heavy (non-hydrogen) atoms. The van der Waals surface area contributed by atoms with Gasteiger partial charge in [0.05, 0.1) is 24.8 Å². The van der Waals surface area contributed by atoms with Gasteiger partial charge in [0.15, 0.2) is 5.92 Å². The van der Waals surface area contributed by atoms with Crippen molar-refractivity contribution >= 4 is 41.1 Å². The van der Waals surface area contributed by atoms with Crippen molar-refractivity contribution in [2.75, 3.05) is 49.9 Å². The first-order valence-electron chi connectivity index (χ1n) is 12.5. The molecule has 1 aromatic heterocycles. The number of pyridine rings is 1. The van der Waals surface area contributed by atoms with Gasteiger partial charge in [-0.1, -0.05) is 6.07 Å². The number of morpholine rings is 1. The van der Waals surface area contributed by atoms with Crippen LogP contribution in [0.15, 0.2) is 18.2 Å². The fraction of sp³-hybridized carbons (Fsp3) is 0.625. The first-order chi connectivity index (χ1) is 18.4. The second-order valence-electron chi connectivity index (χ2n) is 9.37. The van der Waals surface area contributed by atoms with Gasteiger partial charge in [0.1, 0.15) is 28.8 Å². The molecule has 3 rings (SSSR count). The summed E-state index contributed by atoms with van der Waals surface area (Å²) in [6.07, 6.45) is -4.56. The van der Waals surface area contributed by atoms with Crippen molar-refractivity contribution in [2.45, 2.75) is 49.8 Å². The molecule has 3 unspecified atom stereocenters. The number of hydrogen-bond acceptors (Lipinski definition) is 9. The highest BCUT2D eigenvalue weighted by Crippen LogP contribution is 2.36. The maximum atomic E-state index is 12.9. The maximum Gasteiger partial charge on any atom is 0.405 e. The van der Waals surface area contributed by atoms with Gasteiger partial charge in [-0.3, -0.25) is 19.3 Å². The van der Waals surface area contributed by atoms with Gasteiger partial charge in [0.25, 0.3) is 0 Å². The Labute approximate surface area is 228 Å². The summed E-state index contributed by atoms with van der Waals surface area (Å²) in [5, 5.41) is 15.4. The van der Waals surface area contributed by atoms with E-state index in [0.717, 1.165) is 11.8 Å². The fourth-order valence-electron chi connectivity index (χ4n) is 4.49. The number of amides is 3. The molecular formula is C24H32F3N7O4S. The number of ether oxygens (including phenoxy) is 1. The average molecular weight is 572 g/mol. The number of anilines is 2. The summed E-state index contributed by atoms with van der Waals surface area (Å²) >= 11 is 1.04. The molecule has 2 fully saturated rings. The first-order valence-corrected chi connectivity index (χ1v) is 13.4. The van der Waals surface area contributed by atoms with Crippen LogP contribution in [-0.2, 0) is 19.1 Å². The van der Waals surface area contributed by atoms with Gasteiger partial charge in [0.2, 0.25) is 17.7 Å². The Morgan fingerprint density at radius 2 is 1.92 bits per heavy atom. The number of aromatic nitrogens is 1. The van der Waals surface area contributed by atoms with E-state index in [1.165, 1.54) is 4.90 Å². The number of alkyl halides is 3. The Morgan fingerprint density at radius 3 is 2.54 bits per heavy atom. The molecule has 1 aromatic rings. The standard InChI is InChI=1S/C24H32F3N7O4S/c1-4-34-22(37)17(39-23(34)16(8-28)21(36)30-13-24(25,26)27)9-29-18-6-5-7-19(31-18)32-20(35)12-33-10-14(2)38-15(3)11-33/h5-7,14-17,23H,4,9-13H2,1-3H3,(H,30,36)(H2,29,31,32,35)/t14?,15?,16-,17-,23?/m1/s1. The first kappa shape index (κ1) is 30.5. The molecule has 0 spiro atoms. The zero-order valence-electron chi connectivity index (χ0n) is 21.8. The molecule has 0 saturated carbocycles. The lowest BCUT2D eigenvalue weighted by Gasteiger charge is -2.34. The van der Waals surface area contributed by atoms with E-state index in [1.54, 1.807) is 36.5 Å². The zero-order valence-corrected chi connectivity index (χ0v) is 22.6. The van der Waals surface area contributed by atoms with Crippen molar-refractivity contribution in [1.82, 2.24) is 20.1 Å². The van der Waals surface area contributed by atoms with Gasteiger partial charge < -0.3 is 25.6 Å². The lowest BCUT2D eigenvalue weighted by molar-refractivity contribution is -0.141. The number of hydrogen-bond donors (Lipinski definition) is 3. The van der Waals surface area contributed by atoms with Crippen LogP contribution < -0.4 is 16.0 Å². The number of rotatable bonds is 10. The highest BCUT2D eigenvalue weighted by molar-refractivity contribution is 8.01. The molecule has 3 heterocycles. The van der Waals surface area contributed by atoms with Crippen LogP contribution in [0.2, 0.25) is 0 Å². The Kier molecular flexibility index (Phi) is 10.4. The summed E-state index contributed by atoms with van der Waals surface area (Å²) in [5.41, 5.74) is 0.